The Morgan fingerprint density at radius 2 is 1.52 bits per heavy atom. The maximum Gasteiger partial charge on any atom is 0.237 e. The molecule has 218 valence electrons. The topological polar surface area (TPSA) is 137 Å². The van der Waals surface area contributed by atoms with Gasteiger partial charge in [-0.2, -0.15) is 0 Å². The molecule has 4 N–H and O–H groups in total. The van der Waals surface area contributed by atoms with E-state index in [1.54, 1.807) is 19.5 Å². The molecule has 0 saturated carbocycles. The SMILES string of the molecule is COc1nc(-c2cccc(-c3cccc(-c4cnc([C@H](C)N)c(OC)n4)c3Cl)c2Cl)cnc1CNCC1CCC(=O)N1. The predicted octanol–water partition coefficient (Wildman–Crippen LogP) is 4.98. The fourth-order valence-electron chi connectivity index (χ4n) is 4.86. The van der Waals surface area contributed by atoms with Crippen molar-refractivity contribution in [1.82, 2.24) is 30.6 Å². The molecule has 1 amide bonds. The number of ether oxygens (including phenoxy) is 2. The monoisotopic (exact) mass is 607 g/mol. The summed E-state index contributed by atoms with van der Waals surface area (Å²) >= 11 is 13.9. The van der Waals surface area contributed by atoms with Gasteiger partial charge in [-0.1, -0.05) is 59.6 Å². The van der Waals surface area contributed by atoms with Crippen LogP contribution in [0.1, 0.15) is 37.2 Å². The summed E-state index contributed by atoms with van der Waals surface area (Å²) in [6, 6.07) is 11.1. The third-order valence-electron chi connectivity index (χ3n) is 7.00. The number of nitrogens with one attached hydrogen (secondary N) is 2. The summed E-state index contributed by atoms with van der Waals surface area (Å²) in [5.74, 6) is 0.820. The molecule has 1 fully saturated rings. The second kappa shape index (κ2) is 13.0. The number of rotatable bonds is 10. The minimum absolute atomic E-state index is 0.0837. The maximum absolute atomic E-state index is 11.4. The fourth-order valence-corrected chi connectivity index (χ4v) is 5.51. The molecule has 1 aliphatic rings. The standard InChI is InChI=1S/C30H31Cl2N7O3/c1-16(33)28-30(42-3)39-23(15-36-28)21-9-5-7-19(27(21)32)18-6-4-8-20(26(18)31)22-14-35-24(29(38-22)41-2)13-34-12-17-10-11-25(40)37-17/h4-9,14-17,34H,10-13,33H2,1-3H3,(H,37,40)/t16-,17?/m0/s1. The molecule has 4 aromatic rings. The lowest BCUT2D eigenvalue weighted by Crippen LogP contribution is -2.35. The zero-order valence-electron chi connectivity index (χ0n) is 23.4. The molecule has 0 radical (unpaired) electrons. The zero-order chi connectivity index (χ0) is 29.8. The van der Waals surface area contributed by atoms with E-state index in [1.165, 1.54) is 7.11 Å². The van der Waals surface area contributed by atoms with Crippen LogP contribution in [-0.4, -0.2) is 52.6 Å². The number of amides is 1. The number of hydrogen-bond donors (Lipinski definition) is 3. The number of carbonyl (C=O) groups excluding carboxylic acids is 1. The van der Waals surface area contributed by atoms with E-state index >= 15 is 0 Å². The number of benzene rings is 2. The summed E-state index contributed by atoms with van der Waals surface area (Å²) < 4.78 is 11.0. The number of aromatic nitrogens is 4. The highest BCUT2D eigenvalue weighted by Crippen LogP contribution is 2.42. The molecule has 1 unspecified atom stereocenters. The summed E-state index contributed by atoms with van der Waals surface area (Å²) in [4.78, 5) is 29.8. The van der Waals surface area contributed by atoms with Gasteiger partial charge in [0, 0.05) is 53.8 Å². The first-order chi connectivity index (χ1) is 20.3. The van der Waals surface area contributed by atoms with E-state index in [-0.39, 0.29) is 18.0 Å². The van der Waals surface area contributed by atoms with E-state index in [1.807, 2.05) is 43.3 Å². The van der Waals surface area contributed by atoms with Crippen molar-refractivity contribution in [2.24, 2.45) is 5.73 Å². The first-order valence-corrected chi connectivity index (χ1v) is 14.2. The van der Waals surface area contributed by atoms with Gasteiger partial charge in [0.25, 0.3) is 0 Å². The van der Waals surface area contributed by atoms with Crippen molar-refractivity contribution in [3.05, 3.63) is 70.2 Å². The Morgan fingerprint density at radius 1 is 0.952 bits per heavy atom. The molecule has 3 heterocycles. The van der Waals surface area contributed by atoms with Crippen LogP contribution in [0, 0.1) is 0 Å². The molecule has 10 nitrogen and oxygen atoms in total. The normalized spacial score (nSPS) is 15.4. The van der Waals surface area contributed by atoms with Gasteiger partial charge in [-0.05, 0) is 13.3 Å². The Hall–Kier alpha value is -3.83. The third kappa shape index (κ3) is 6.17. The van der Waals surface area contributed by atoms with Crippen molar-refractivity contribution in [2.75, 3.05) is 20.8 Å². The van der Waals surface area contributed by atoms with Gasteiger partial charge in [0.1, 0.15) is 11.4 Å². The lowest BCUT2D eigenvalue weighted by atomic mass is 9.98. The van der Waals surface area contributed by atoms with Crippen LogP contribution in [0.25, 0.3) is 33.6 Å². The second-order valence-corrected chi connectivity index (χ2v) is 10.7. The molecule has 12 heteroatoms. The number of hydrogen-bond acceptors (Lipinski definition) is 9. The van der Waals surface area contributed by atoms with Crippen LogP contribution in [0.15, 0.2) is 48.8 Å². The Balaban J connectivity index is 1.43. The molecule has 2 aromatic carbocycles. The van der Waals surface area contributed by atoms with E-state index in [9.17, 15) is 4.79 Å². The lowest BCUT2D eigenvalue weighted by Gasteiger charge is -2.15. The van der Waals surface area contributed by atoms with Crippen molar-refractivity contribution in [3.8, 4) is 45.4 Å². The third-order valence-corrected chi connectivity index (χ3v) is 7.82. The molecule has 5 rings (SSSR count). The Morgan fingerprint density at radius 3 is 2.07 bits per heavy atom. The highest BCUT2D eigenvalue weighted by atomic mass is 35.5. The van der Waals surface area contributed by atoms with Gasteiger partial charge in [-0.15, -0.1) is 0 Å². The number of carbonyl (C=O) groups is 1. The average molecular weight is 609 g/mol. The Labute approximate surface area is 254 Å². The molecule has 0 bridgehead atoms. The molecule has 0 spiro atoms. The van der Waals surface area contributed by atoms with Crippen LogP contribution >= 0.6 is 23.2 Å². The summed E-state index contributed by atoms with van der Waals surface area (Å²) in [7, 11) is 3.08. The number of nitrogens with zero attached hydrogens (tertiary/aromatic N) is 4. The van der Waals surface area contributed by atoms with Crippen LogP contribution < -0.4 is 25.8 Å². The van der Waals surface area contributed by atoms with Crippen molar-refractivity contribution in [3.63, 3.8) is 0 Å². The average Bonchev–Trinajstić information content (AvgIpc) is 3.42. The van der Waals surface area contributed by atoms with Crippen molar-refractivity contribution in [2.45, 2.75) is 38.4 Å². The minimum Gasteiger partial charge on any atom is -0.480 e. The van der Waals surface area contributed by atoms with Gasteiger partial charge < -0.3 is 25.8 Å². The van der Waals surface area contributed by atoms with Crippen molar-refractivity contribution >= 4 is 29.1 Å². The molecule has 2 atom stereocenters. The van der Waals surface area contributed by atoms with E-state index in [4.69, 9.17) is 43.4 Å². The number of halogens is 2. The van der Waals surface area contributed by atoms with E-state index < -0.39 is 0 Å². The van der Waals surface area contributed by atoms with E-state index in [0.29, 0.717) is 75.2 Å². The summed E-state index contributed by atoms with van der Waals surface area (Å²) in [6.07, 6.45) is 4.68. The highest BCUT2D eigenvalue weighted by molar-refractivity contribution is 6.39. The van der Waals surface area contributed by atoms with E-state index in [0.717, 1.165) is 17.5 Å². The number of nitrogens with two attached hydrogens (primary N) is 1. The Kier molecular flexibility index (Phi) is 9.18. The molecular formula is C30H31Cl2N7O3. The van der Waals surface area contributed by atoms with Crippen LogP contribution in [0.4, 0.5) is 0 Å². The molecule has 0 aliphatic carbocycles. The van der Waals surface area contributed by atoms with Gasteiger partial charge in [0.05, 0.1) is 48.0 Å². The van der Waals surface area contributed by atoms with Crippen LogP contribution in [0.2, 0.25) is 10.0 Å². The van der Waals surface area contributed by atoms with Crippen molar-refractivity contribution < 1.29 is 14.3 Å². The van der Waals surface area contributed by atoms with Gasteiger partial charge in [-0.25, -0.2) is 9.97 Å². The lowest BCUT2D eigenvalue weighted by molar-refractivity contribution is -0.119. The number of methoxy groups -OCH3 is 2. The largest absolute Gasteiger partial charge is 0.480 e. The molecule has 1 saturated heterocycles. The van der Waals surface area contributed by atoms with Gasteiger partial charge in [-0.3, -0.25) is 14.8 Å². The first-order valence-electron chi connectivity index (χ1n) is 13.4. The van der Waals surface area contributed by atoms with E-state index in [2.05, 4.69) is 25.6 Å². The van der Waals surface area contributed by atoms with Crippen LogP contribution in [-0.2, 0) is 11.3 Å². The second-order valence-electron chi connectivity index (χ2n) is 9.92. The Bertz CT molecular complexity index is 1620. The summed E-state index contributed by atoms with van der Waals surface area (Å²) in [6.45, 7) is 2.90. The molecule has 42 heavy (non-hydrogen) atoms. The zero-order valence-corrected chi connectivity index (χ0v) is 25.0. The van der Waals surface area contributed by atoms with Crippen LogP contribution in [0.5, 0.6) is 11.8 Å². The molecular weight excluding hydrogens is 577 g/mol. The van der Waals surface area contributed by atoms with Crippen LogP contribution in [0.3, 0.4) is 0 Å². The molecule has 1 aliphatic heterocycles. The molecule has 2 aromatic heterocycles. The summed E-state index contributed by atoms with van der Waals surface area (Å²) in [5, 5.41) is 7.19. The van der Waals surface area contributed by atoms with Gasteiger partial charge in [0.2, 0.25) is 17.7 Å². The summed E-state index contributed by atoms with van der Waals surface area (Å²) in [5.41, 5.74) is 11.1. The minimum atomic E-state index is -0.335. The quantitative estimate of drug-likeness (QED) is 0.228. The van der Waals surface area contributed by atoms with Crippen molar-refractivity contribution in [1.29, 1.82) is 0 Å². The fraction of sp³-hybridized carbons (Fsp3) is 0.300. The highest BCUT2D eigenvalue weighted by Gasteiger charge is 2.22. The smallest absolute Gasteiger partial charge is 0.237 e. The van der Waals surface area contributed by atoms with Gasteiger partial charge in [0.15, 0.2) is 0 Å². The predicted molar refractivity (Wildman–Crippen MR) is 163 cm³/mol. The van der Waals surface area contributed by atoms with Gasteiger partial charge >= 0.3 is 0 Å². The maximum atomic E-state index is 11.4. The first kappa shape index (κ1) is 29.7.